The molecule has 45 heavy (non-hydrogen) atoms. The van der Waals surface area contributed by atoms with Crippen molar-refractivity contribution in [1.82, 2.24) is 19.1 Å². The first-order valence-corrected chi connectivity index (χ1v) is 16.5. The summed E-state index contributed by atoms with van der Waals surface area (Å²) in [6.45, 7) is 1.74. The number of nitrogens with zero attached hydrogens (tertiary/aromatic N) is 3. The summed E-state index contributed by atoms with van der Waals surface area (Å²) in [6.07, 6.45) is -3.07. The molecule has 1 N–H and O–H groups in total. The van der Waals surface area contributed by atoms with E-state index in [-0.39, 0.29) is 27.2 Å². The quantitative estimate of drug-likeness (QED) is 0.173. The minimum absolute atomic E-state index is 0.0244. The van der Waals surface area contributed by atoms with Gasteiger partial charge in [-0.3, -0.25) is 9.36 Å². The molecule has 0 bridgehead atoms. The van der Waals surface area contributed by atoms with E-state index in [0.717, 1.165) is 28.5 Å². The summed E-state index contributed by atoms with van der Waals surface area (Å²) < 4.78 is 72.9. The number of aromatic nitrogens is 3. The summed E-state index contributed by atoms with van der Waals surface area (Å²) in [5.41, 5.74) is -1.03. The number of halogens is 4. The molecule has 1 amide bonds. The second kappa shape index (κ2) is 13.0. The van der Waals surface area contributed by atoms with Crippen LogP contribution in [0.25, 0.3) is 16.8 Å². The molecule has 2 heterocycles. The van der Waals surface area contributed by atoms with Crippen LogP contribution >= 0.6 is 22.9 Å². The Morgan fingerprint density at radius 1 is 1.02 bits per heavy atom. The number of amides is 1. The predicted octanol–water partition coefficient (Wildman–Crippen LogP) is 6.94. The maximum atomic E-state index is 13.8. The van der Waals surface area contributed by atoms with Crippen molar-refractivity contribution in [2.24, 2.45) is 0 Å². The summed E-state index contributed by atoms with van der Waals surface area (Å²) >= 11 is 7.04. The number of hydrogen-bond donors (Lipinski definition) is 1. The van der Waals surface area contributed by atoms with E-state index < -0.39 is 39.0 Å². The number of carbonyl (C=O) groups excluding carboxylic acids is 1. The van der Waals surface area contributed by atoms with E-state index >= 15 is 0 Å². The molecule has 234 valence electrons. The van der Waals surface area contributed by atoms with E-state index in [0.29, 0.717) is 29.5 Å². The van der Waals surface area contributed by atoms with Crippen LogP contribution in [0.1, 0.15) is 46.4 Å². The van der Waals surface area contributed by atoms with Crippen LogP contribution < -0.4 is 10.4 Å². The van der Waals surface area contributed by atoms with Crippen molar-refractivity contribution in [2.75, 3.05) is 0 Å². The highest BCUT2D eigenvalue weighted by molar-refractivity contribution is 7.90. The standard InChI is InChI=1S/C31H26ClF3N4O4S2/c1-2-3-13-27-36-39(25-12-8-7-11-23(25)31(33,34)35)30(41)38(27)19-20-14-15-22(21-9-5-4-6-10-21)26(18-20)45(42,43)37-29(40)28-24(32)16-17-44-28/h4-12,14-18H,2-3,13,19H2,1H3,(H,37,40). The molecule has 3 aromatic carbocycles. The van der Waals surface area contributed by atoms with Gasteiger partial charge in [-0.25, -0.2) is 17.9 Å². The number of benzene rings is 3. The molecule has 0 fully saturated rings. The van der Waals surface area contributed by atoms with Crippen molar-refractivity contribution < 1.29 is 26.4 Å². The SMILES string of the molecule is CCCCc1nn(-c2ccccc2C(F)(F)F)c(=O)n1Cc1ccc(-c2ccccc2)c(S(=O)(=O)NC(=O)c2sccc2Cl)c1. The fourth-order valence-corrected chi connectivity index (χ4v) is 7.11. The molecule has 2 aromatic heterocycles. The first-order chi connectivity index (χ1) is 21.4. The third-order valence-corrected chi connectivity index (χ3v) is 9.65. The molecule has 0 aliphatic heterocycles. The fraction of sp³-hybridized carbons (Fsp3) is 0.194. The monoisotopic (exact) mass is 674 g/mol. The molecule has 0 saturated carbocycles. The maximum absolute atomic E-state index is 13.8. The highest BCUT2D eigenvalue weighted by Gasteiger charge is 2.35. The number of sulfonamides is 1. The van der Waals surface area contributed by atoms with Crippen LogP contribution in [0, 0.1) is 0 Å². The first kappa shape index (κ1) is 32.2. The van der Waals surface area contributed by atoms with Crippen molar-refractivity contribution in [2.45, 2.75) is 43.8 Å². The van der Waals surface area contributed by atoms with E-state index in [1.54, 1.807) is 47.8 Å². The molecule has 0 radical (unpaired) electrons. The fourth-order valence-electron chi connectivity index (χ4n) is 4.78. The van der Waals surface area contributed by atoms with Crippen molar-refractivity contribution in [3.63, 3.8) is 0 Å². The van der Waals surface area contributed by atoms with Crippen LogP contribution in [0.3, 0.4) is 0 Å². The average molecular weight is 675 g/mol. The van der Waals surface area contributed by atoms with Gasteiger partial charge < -0.3 is 0 Å². The molecular weight excluding hydrogens is 649 g/mol. The molecule has 5 aromatic rings. The highest BCUT2D eigenvalue weighted by Crippen LogP contribution is 2.33. The summed E-state index contributed by atoms with van der Waals surface area (Å²) in [5.74, 6) is -0.655. The molecule has 0 aliphatic carbocycles. The Morgan fingerprint density at radius 3 is 2.40 bits per heavy atom. The lowest BCUT2D eigenvalue weighted by Crippen LogP contribution is -2.31. The van der Waals surface area contributed by atoms with Gasteiger partial charge in [0.05, 0.1) is 27.7 Å². The number of unbranched alkanes of at least 4 members (excludes halogenated alkanes) is 1. The molecule has 0 spiro atoms. The maximum Gasteiger partial charge on any atom is 0.418 e. The van der Waals surface area contributed by atoms with Crippen molar-refractivity contribution in [3.05, 3.63) is 122 Å². The number of rotatable bonds is 10. The van der Waals surface area contributed by atoms with Gasteiger partial charge in [0.1, 0.15) is 10.7 Å². The molecule has 0 aliphatic rings. The zero-order chi connectivity index (χ0) is 32.4. The third kappa shape index (κ3) is 6.90. The van der Waals surface area contributed by atoms with Gasteiger partial charge >= 0.3 is 11.9 Å². The number of nitrogens with one attached hydrogen (secondary N) is 1. The van der Waals surface area contributed by atoms with E-state index in [4.69, 9.17) is 11.6 Å². The summed E-state index contributed by atoms with van der Waals surface area (Å²) in [6, 6.07) is 19.3. The van der Waals surface area contributed by atoms with Crippen molar-refractivity contribution >= 4 is 38.9 Å². The van der Waals surface area contributed by atoms with Crippen LogP contribution in [0.5, 0.6) is 0 Å². The molecule has 14 heteroatoms. The molecule has 8 nitrogen and oxygen atoms in total. The topological polar surface area (TPSA) is 103 Å². The Morgan fingerprint density at radius 2 is 1.73 bits per heavy atom. The highest BCUT2D eigenvalue weighted by atomic mass is 35.5. The van der Waals surface area contributed by atoms with Gasteiger partial charge in [0, 0.05) is 12.0 Å². The van der Waals surface area contributed by atoms with E-state index in [2.05, 4.69) is 9.82 Å². The Bertz CT molecular complexity index is 2020. The minimum atomic E-state index is -4.72. The molecule has 5 rings (SSSR count). The molecular formula is C31H26ClF3N4O4S2. The number of carbonyl (C=O) groups is 1. The van der Waals surface area contributed by atoms with Gasteiger partial charge in [0.2, 0.25) is 0 Å². The number of para-hydroxylation sites is 1. The van der Waals surface area contributed by atoms with Gasteiger partial charge in [-0.05, 0) is 47.2 Å². The zero-order valence-corrected chi connectivity index (χ0v) is 26.1. The van der Waals surface area contributed by atoms with Gasteiger partial charge in [0.15, 0.2) is 0 Å². The first-order valence-electron chi connectivity index (χ1n) is 13.7. The lowest BCUT2D eigenvalue weighted by molar-refractivity contribution is -0.137. The Balaban J connectivity index is 1.61. The van der Waals surface area contributed by atoms with Crippen molar-refractivity contribution in [1.29, 1.82) is 0 Å². The lowest BCUT2D eigenvalue weighted by atomic mass is 10.0. The number of aryl methyl sites for hydroxylation is 1. The van der Waals surface area contributed by atoms with Gasteiger partial charge in [-0.2, -0.15) is 17.9 Å². The Kier molecular flexibility index (Phi) is 9.33. The van der Waals surface area contributed by atoms with E-state index in [1.807, 2.05) is 6.92 Å². The number of thiophene rings is 1. The summed E-state index contributed by atoms with van der Waals surface area (Å²) in [4.78, 5) is 26.3. The second-order valence-electron chi connectivity index (χ2n) is 10.0. The predicted molar refractivity (Wildman–Crippen MR) is 166 cm³/mol. The molecule has 0 unspecified atom stereocenters. The average Bonchev–Trinajstić information content (AvgIpc) is 3.58. The molecule has 0 atom stereocenters. The number of hydrogen-bond acceptors (Lipinski definition) is 6. The number of alkyl halides is 3. The van der Waals surface area contributed by atoms with Crippen LogP contribution in [-0.4, -0.2) is 28.7 Å². The normalized spacial score (nSPS) is 11.9. The largest absolute Gasteiger partial charge is 0.418 e. The van der Waals surface area contributed by atoms with Crippen molar-refractivity contribution in [3.8, 4) is 16.8 Å². The van der Waals surface area contributed by atoms with E-state index in [9.17, 15) is 31.2 Å². The lowest BCUT2D eigenvalue weighted by Gasteiger charge is -2.14. The smallest absolute Gasteiger partial charge is 0.274 e. The summed E-state index contributed by atoms with van der Waals surface area (Å²) in [7, 11) is -4.47. The van der Waals surface area contributed by atoms with E-state index in [1.165, 1.54) is 34.9 Å². The second-order valence-corrected chi connectivity index (χ2v) is 13.0. The van der Waals surface area contributed by atoms with Gasteiger partial charge in [-0.15, -0.1) is 16.4 Å². The van der Waals surface area contributed by atoms with Gasteiger partial charge in [0.25, 0.3) is 15.9 Å². The van der Waals surface area contributed by atoms with Gasteiger partial charge in [-0.1, -0.05) is 79.5 Å². The Hall–Kier alpha value is -4.20. The summed E-state index contributed by atoms with van der Waals surface area (Å²) in [5, 5.41) is 5.94. The van der Waals surface area contributed by atoms with Crippen LogP contribution in [0.15, 0.2) is 93.9 Å². The zero-order valence-electron chi connectivity index (χ0n) is 23.7. The Labute approximate surface area is 265 Å². The van der Waals surface area contributed by atoms with Crippen LogP contribution in [0.4, 0.5) is 13.2 Å². The molecule has 0 saturated heterocycles. The van der Waals surface area contributed by atoms with Crippen LogP contribution in [-0.2, 0) is 29.2 Å². The minimum Gasteiger partial charge on any atom is -0.274 e. The van der Waals surface area contributed by atoms with Crippen LogP contribution in [0.2, 0.25) is 5.02 Å². The third-order valence-electron chi connectivity index (χ3n) is 6.94.